The number of nitrogens with one attached hydrogen (secondary N) is 2. The van der Waals surface area contributed by atoms with Gasteiger partial charge in [0.05, 0.1) is 6.54 Å². The average molecular weight is 401 g/mol. The van der Waals surface area contributed by atoms with Gasteiger partial charge in [-0.25, -0.2) is 4.39 Å². The van der Waals surface area contributed by atoms with E-state index in [0.717, 1.165) is 28.4 Å². The third kappa shape index (κ3) is 4.06. The number of carbonyl (C=O) groups is 1. The topological polar surface area (TPSA) is 62.7 Å². The molecule has 1 aromatic carbocycles. The minimum atomic E-state index is -0.253. The lowest BCUT2D eigenvalue weighted by Gasteiger charge is -2.05. The van der Waals surface area contributed by atoms with Gasteiger partial charge in [-0.2, -0.15) is 5.10 Å². The fourth-order valence-electron chi connectivity index (χ4n) is 2.80. The molecule has 1 aliphatic rings. The number of halogens is 1. The van der Waals surface area contributed by atoms with E-state index in [2.05, 4.69) is 15.5 Å². The third-order valence-corrected chi connectivity index (χ3v) is 5.65. The molecule has 0 radical (unpaired) electrons. The average Bonchev–Trinajstić information content (AvgIpc) is 3.26. The van der Waals surface area contributed by atoms with Crippen LogP contribution in [0.1, 0.15) is 29.6 Å². The first-order valence-electron chi connectivity index (χ1n) is 8.58. The molecule has 0 atom stereocenters. The highest BCUT2D eigenvalue weighted by Crippen LogP contribution is 2.35. The summed E-state index contributed by atoms with van der Waals surface area (Å²) in [7, 11) is 0. The summed E-state index contributed by atoms with van der Waals surface area (Å²) in [6.07, 6.45) is 5.39. The van der Waals surface area contributed by atoms with Gasteiger partial charge in [0, 0.05) is 27.4 Å². The van der Waals surface area contributed by atoms with Crippen LogP contribution in [-0.2, 0) is 11.3 Å². The van der Waals surface area contributed by atoms with Crippen molar-refractivity contribution >= 4 is 35.5 Å². The third-order valence-electron chi connectivity index (χ3n) is 4.28. The molecular formula is C19H17FN4OS2. The van der Waals surface area contributed by atoms with E-state index < -0.39 is 0 Å². The Labute approximate surface area is 164 Å². The Hall–Kier alpha value is -2.58. The zero-order chi connectivity index (χ0) is 18.8. The van der Waals surface area contributed by atoms with E-state index in [1.54, 1.807) is 24.3 Å². The number of H-pyrrole nitrogens is 1. The molecule has 2 heterocycles. The van der Waals surface area contributed by atoms with Crippen LogP contribution in [0.25, 0.3) is 16.5 Å². The predicted molar refractivity (Wildman–Crippen MR) is 106 cm³/mol. The van der Waals surface area contributed by atoms with Crippen LogP contribution in [-0.4, -0.2) is 20.7 Å². The molecule has 0 aliphatic heterocycles. The van der Waals surface area contributed by atoms with Gasteiger partial charge < -0.3 is 5.32 Å². The highest BCUT2D eigenvalue weighted by molar-refractivity contribution is 7.71. The normalized spacial score (nSPS) is 14.0. The fourth-order valence-corrected chi connectivity index (χ4v) is 4.04. The van der Waals surface area contributed by atoms with Crippen molar-refractivity contribution in [1.29, 1.82) is 0 Å². The number of hydrogen-bond donors (Lipinski definition) is 2. The molecule has 1 fully saturated rings. The second-order valence-electron chi connectivity index (χ2n) is 6.28. The minimum absolute atomic E-state index is 0.216. The molecule has 0 unspecified atom stereocenters. The Kier molecular flexibility index (Phi) is 5.00. The van der Waals surface area contributed by atoms with Gasteiger partial charge in [-0.1, -0.05) is 18.2 Å². The molecule has 27 heavy (non-hydrogen) atoms. The van der Waals surface area contributed by atoms with Gasteiger partial charge >= 0.3 is 0 Å². The molecule has 0 saturated heterocycles. The lowest BCUT2D eigenvalue weighted by Crippen LogP contribution is -2.22. The van der Waals surface area contributed by atoms with Crippen LogP contribution < -0.4 is 5.32 Å². The maximum absolute atomic E-state index is 13.9. The second kappa shape index (κ2) is 7.58. The quantitative estimate of drug-likeness (QED) is 0.474. The molecule has 2 N–H and O–H groups in total. The number of aromatic nitrogens is 3. The van der Waals surface area contributed by atoms with Gasteiger partial charge in [-0.15, -0.1) is 11.3 Å². The lowest BCUT2D eigenvalue weighted by atomic mass is 10.2. The summed E-state index contributed by atoms with van der Waals surface area (Å²) in [5.41, 5.74) is 0.564. The van der Waals surface area contributed by atoms with Crippen LogP contribution in [0.4, 0.5) is 4.39 Å². The molecule has 3 aromatic rings. The van der Waals surface area contributed by atoms with Gasteiger partial charge in [0.1, 0.15) is 5.82 Å². The van der Waals surface area contributed by atoms with Crippen LogP contribution in [0.15, 0.2) is 42.5 Å². The van der Waals surface area contributed by atoms with Gasteiger partial charge in [0.15, 0.2) is 10.6 Å². The van der Waals surface area contributed by atoms with Crippen LogP contribution in [0, 0.1) is 10.6 Å². The van der Waals surface area contributed by atoms with E-state index >= 15 is 0 Å². The maximum Gasteiger partial charge on any atom is 0.244 e. The largest absolute Gasteiger partial charge is 0.345 e. The number of thiophene rings is 1. The van der Waals surface area contributed by atoms with Crippen molar-refractivity contribution < 1.29 is 9.18 Å². The van der Waals surface area contributed by atoms with E-state index in [1.807, 2.05) is 16.7 Å². The number of rotatable bonds is 6. The SMILES string of the molecule is O=C(/C=C/c1ccc(-c2ccccc2F)s1)NCc1n[nH]c(=S)n1C1CC1. The smallest absolute Gasteiger partial charge is 0.244 e. The lowest BCUT2D eigenvalue weighted by molar-refractivity contribution is -0.116. The molecule has 0 bridgehead atoms. The summed E-state index contributed by atoms with van der Waals surface area (Å²) in [5.74, 6) is 0.269. The molecule has 8 heteroatoms. The van der Waals surface area contributed by atoms with Crippen molar-refractivity contribution in [2.45, 2.75) is 25.4 Å². The summed E-state index contributed by atoms with van der Waals surface area (Å²) in [5, 5.41) is 9.79. The molecule has 1 aliphatic carbocycles. The van der Waals surface area contributed by atoms with Crippen LogP contribution in [0.2, 0.25) is 0 Å². The summed E-state index contributed by atoms with van der Waals surface area (Å²) in [4.78, 5) is 13.8. The number of carbonyl (C=O) groups excluding carboxylic acids is 1. The van der Waals surface area contributed by atoms with Gasteiger partial charge in [0.2, 0.25) is 5.91 Å². The molecule has 1 saturated carbocycles. The van der Waals surface area contributed by atoms with Crippen LogP contribution in [0.5, 0.6) is 0 Å². The fraction of sp³-hybridized carbons (Fsp3) is 0.211. The van der Waals surface area contributed by atoms with E-state index in [4.69, 9.17) is 12.2 Å². The molecule has 2 aromatic heterocycles. The Balaban J connectivity index is 1.38. The highest BCUT2D eigenvalue weighted by Gasteiger charge is 2.27. The minimum Gasteiger partial charge on any atom is -0.345 e. The summed E-state index contributed by atoms with van der Waals surface area (Å²) in [6, 6.07) is 10.8. The molecule has 0 spiro atoms. The molecule has 5 nitrogen and oxygen atoms in total. The van der Waals surface area contributed by atoms with Crippen molar-refractivity contribution in [3.05, 3.63) is 63.8 Å². The van der Waals surface area contributed by atoms with Gasteiger partial charge in [0.25, 0.3) is 0 Å². The zero-order valence-corrected chi connectivity index (χ0v) is 15.9. The summed E-state index contributed by atoms with van der Waals surface area (Å²) >= 11 is 6.66. The molecular weight excluding hydrogens is 383 g/mol. The van der Waals surface area contributed by atoms with Crippen LogP contribution in [0.3, 0.4) is 0 Å². The monoisotopic (exact) mass is 400 g/mol. The summed E-state index contributed by atoms with van der Waals surface area (Å²) in [6.45, 7) is 0.317. The standard InChI is InChI=1S/C19H17FN4OS2/c20-15-4-2-1-3-14(15)16-9-7-13(27-16)8-10-18(25)21-11-17-22-23-19(26)24(17)12-5-6-12/h1-4,7-10,12H,5-6,11H2,(H,21,25)(H,23,26)/b10-8+. The number of benzene rings is 1. The van der Waals surface area contributed by atoms with Crippen molar-refractivity contribution in [2.75, 3.05) is 0 Å². The molecule has 1 amide bonds. The first-order valence-corrected chi connectivity index (χ1v) is 9.81. The Morgan fingerprint density at radius 3 is 2.96 bits per heavy atom. The molecule has 4 rings (SSSR count). The summed E-state index contributed by atoms with van der Waals surface area (Å²) < 4.78 is 16.4. The number of hydrogen-bond acceptors (Lipinski definition) is 4. The van der Waals surface area contributed by atoms with Gasteiger partial charge in [-0.05, 0) is 49.3 Å². The van der Waals surface area contributed by atoms with Gasteiger partial charge in [-0.3, -0.25) is 14.5 Å². The Morgan fingerprint density at radius 2 is 2.19 bits per heavy atom. The number of amides is 1. The zero-order valence-electron chi connectivity index (χ0n) is 14.3. The molecule has 138 valence electrons. The van der Waals surface area contributed by atoms with E-state index in [-0.39, 0.29) is 11.7 Å². The van der Waals surface area contributed by atoms with E-state index in [0.29, 0.717) is 22.9 Å². The van der Waals surface area contributed by atoms with Crippen molar-refractivity contribution in [2.24, 2.45) is 0 Å². The predicted octanol–water partition coefficient (Wildman–Crippen LogP) is 4.47. The number of aromatic amines is 1. The van der Waals surface area contributed by atoms with Crippen molar-refractivity contribution in [1.82, 2.24) is 20.1 Å². The first-order chi connectivity index (χ1) is 13.1. The van der Waals surface area contributed by atoms with E-state index in [9.17, 15) is 9.18 Å². The van der Waals surface area contributed by atoms with Crippen molar-refractivity contribution in [3.63, 3.8) is 0 Å². The maximum atomic E-state index is 13.9. The number of nitrogens with zero attached hydrogens (tertiary/aromatic N) is 2. The Morgan fingerprint density at radius 1 is 1.37 bits per heavy atom. The first kappa shape index (κ1) is 17.8. The van der Waals surface area contributed by atoms with E-state index in [1.165, 1.54) is 23.5 Å². The van der Waals surface area contributed by atoms with Crippen LogP contribution >= 0.6 is 23.6 Å². The Bertz CT molecular complexity index is 1060. The second-order valence-corrected chi connectivity index (χ2v) is 7.78. The highest BCUT2D eigenvalue weighted by atomic mass is 32.1. The van der Waals surface area contributed by atoms with Crippen molar-refractivity contribution in [3.8, 4) is 10.4 Å².